The van der Waals surface area contributed by atoms with Crippen LogP contribution in [0.4, 0.5) is 0 Å². The Morgan fingerprint density at radius 3 is 2.61 bits per heavy atom. The quantitative estimate of drug-likeness (QED) is 0.834. The minimum Gasteiger partial charge on any atom is -0.338 e. The minimum absolute atomic E-state index is 0.329. The molecule has 1 unspecified atom stereocenters. The van der Waals surface area contributed by atoms with Crippen molar-refractivity contribution in [1.82, 2.24) is 10.1 Å². The largest absolute Gasteiger partial charge is 0.338 e. The summed E-state index contributed by atoms with van der Waals surface area (Å²) in [5.74, 6) is 4.25. The first-order chi connectivity index (χ1) is 8.81. The molecule has 0 saturated heterocycles. The van der Waals surface area contributed by atoms with Crippen LogP contribution < -0.4 is 5.73 Å². The molecule has 1 aliphatic rings. The van der Waals surface area contributed by atoms with Gasteiger partial charge in [-0.15, -0.1) is 12.3 Å². The maximum Gasteiger partial charge on any atom is 0.244 e. The van der Waals surface area contributed by atoms with Crippen molar-refractivity contribution in [3.05, 3.63) is 11.7 Å². The van der Waals surface area contributed by atoms with E-state index in [1.165, 1.54) is 32.1 Å². The fourth-order valence-electron chi connectivity index (χ4n) is 2.49. The molecule has 1 heterocycles. The highest BCUT2D eigenvalue weighted by molar-refractivity contribution is 5.01. The maximum atomic E-state index is 5.87. The van der Waals surface area contributed by atoms with Gasteiger partial charge < -0.3 is 10.3 Å². The van der Waals surface area contributed by atoms with Gasteiger partial charge in [-0.3, -0.25) is 0 Å². The first kappa shape index (κ1) is 13.1. The zero-order valence-electron chi connectivity index (χ0n) is 10.8. The van der Waals surface area contributed by atoms with E-state index in [1.807, 2.05) is 0 Å². The average molecular weight is 247 g/mol. The number of rotatable bonds is 3. The molecular weight excluding hydrogens is 226 g/mol. The normalized spacial score (nSPS) is 19.8. The predicted octanol–water partition coefficient (Wildman–Crippen LogP) is 2.92. The highest BCUT2D eigenvalue weighted by Crippen LogP contribution is 2.29. The Balaban J connectivity index is 2.01. The topological polar surface area (TPSA) is 64.9 Å². The Bertz CT molecular complexity index is 399. The number of aromatic nitrogens is 2. The third kappa shape index (κ3) is 3.33. The van der Waals surface area contributed by atoms with E-state index in [1.54, 1.807) is 0 Å². The molecule has 0 radical (unpaired) electrons. The summed E-state index contributed by atoms with van der Waals surface area (Å²) in [6.07, 6.45) is 14.5. The molecular formula is C14H21N3O. The lowest BCUT2D eigenvalue weighted by atomic mass is 9.91. The van der Waals surface area contributed by atoms with Crippen molar-refractivity contribution in [3.8, 4) is 12.3 Å². The molecule has 0 aliphatic heterocycles. The zero-order chi connectivity index (χ0) is 12.8. The van der Waals surface area contributed by atoms with Crippen molar-refractivity contribution in [2.24, 2.45) is 5.73 Å². The number of hydrogen-bond acceptors (Lipinski definition) is 4. The van der Waals surface area contributed by atoms with Crippen LogP contribution in [0.25, 0.3) is 0 Å². The summed E-state index contributed by atoms with van der Waals surface area (Å²) in [4.78, 5) is 4.43. The summed E-state index contributed by atoms with van der Waals surface area (Å²) in [6, 6.07) is -0.329. The Morgan fingerprint density at radius 1 is 1.28 bits per heavy atom. The van der Waals surface area contributed by atoms with Crippen LogP contribution in [0.1, 0.15) is 75.0 Å². The highest BCUT2D eigenvalue weighted by Gasteiger charge is 2.21. The molecule has 1 fully saturated rings. The van der Waals surface area contributed by atoms with Crippen molar-refractivity contribution in [2.75, 3.05) is 0 Å². The van der Waals surface area contributed by atoms with Crippen molar-refractivity contribution in [1.29, 1.82) is 0 Å². The Hall–Kier alpha value is -1.34. The molecule has 4 heteroatoms. The summed E-state index contributed by atoms with van der Waals surface area (Å²) in [5.41, 5.74) is 5.87. The van der Waals surface area contributed by atoms with Crippen LogP contribution in [-0.4, -0.2) is 10.1 Å². The Labute approximate surface area is 108 Å². The lowest BCUT2D eigenvalue weighted by Crippen LogP contribution is -2.10. The maximum absolute atomic E-state index is 5.87. The van der Waals surface area contributed by atoms with Gasteiger partial charge in [0.15, 0.2) is 5.82 Å². The molecule has 98 valence electrons. The summed E-state index contributed by atoms with van der Waals surface area (Å²) in [5, 5.41) is 4.08. The van der Waals surface area contributed by atoms with Crippen LogP contribution >= 0.6 is 0 Å². The lowest BCUT2D eigenvalue weighted by molar-refractivity contribution is 0.344. The van der Waals surface area contributed by atoms with Crippen molar-refractivity contribution in [3.63, 3.8) is 0 Å². The fraction of sp³-hybridized carbons (Fsp3) is 0.714. The average Bonchev–Trinajstić information content (AvgIpc) is 2.78. The summed E-state index contributed by atoms with van der Waals surface area (Å²) in [7, 11) is 0. The molecule has 1 atom stereocenters. The van der Waals surface area contributed by atoms with Gasteiger partial charge in [0.1, 0.15) is 0 Å². The second kappa shape index (κ2) is 6.55. The SMILES string of the molecule is C#CCC(N)c1nc(C2CCCCCCC2)no1. The van der Waals surface area contributed by atoms with Crippen LogP contribution in [0.2, 0.25) is 0 Å². The minimum atomic E-state index is -0.329. The molecule has 4 nitrogen and oxygen atoms in total. The first-order valence-electron chi connectivity index (χ1n) is 6.84. The lowest BCUT2D eigenvalue weighted by Gasteiger charge is -2.15. The van der Waals surface area contributed by atoms with Crippen LogP contribution in [0.3, 0.4) is 0 Å². The number of hydrogen-bond donors (Lipinski definition) is 1. The van der Waals surface area contributed by atoms with Gasteiger partial charge in [-0.05, 0) is 12.8 Å². The molecule has 1 aliphatic carbocycles. The van der Waals surface area contributed by atoms with Gasteiger partial charge in [-0.25, -0.2) is 0 Å². The van der Waals surface area contributed by atoms with Gasteiger partial charge in [0.2, 0.25) is 5.89 Å². The van der Waals surface area contributed by atoms with E-state index in [9.17, 15) is 0 Å². The summed E-state index contributed by atoms with van der Waals surface area (Å²) >= 11 is 0. The third-order valence-electron chi connectivity index (χ3n) is 3.58. The molecule has 2 N–H and O–H groups in total. The fourth-order valence-corrected chi connectivity index (χ4v) is 2.49. The molecule has 0 amide bonds. The van der Waals surface area contributed by atoms with Crippen LogP contribution in [-0.2, 0) is 0 Å². The van der Waals surface area contributed by atoms with Crippen molar-refractivity contribution >= 4 is 0 Å². The monoisotopic (exact) mass is 247 g/mol. The summed E-state index contributed by atoms with van der Waals surface area (Å²) in [6.45, 7) is 0. The van der Waals surface area contributed by atoms with E-state index < -0.39 is 0 Å². The first-order valence-corrected chi connectivity index (χ1v) is 6.84. The highest BCUT2D eigenvalue weighted by atomic mass is 16.5. The number of nitrogens with two attached hydrogens (primary N) is 1. The number of terminal acetylenes is 1. The van der Waals surface area contributed by atoms with Crippen molar-refractivity contribution in [2.45, 2.75) is 63.3 Å². The third-order valence-corrected chi connectivity index (χ3v) is 3.58. The second-order valence-corrected chi connectivity index (χ2v) is 5.05. The van der Waals surface area contributed by atoms with Gasteiger partial charge in [0.05, 0.1) is 6.04 Å². The van der Waals surface area contributed by atoms with Crippen LogP contribution in [0.5, 0.6) is 0 Å². The molecule has 0 aromatic carbocycles. The smallest absolute Gasteiger partial charge is 0.244 e. The van der Waals surface area contributed by atoms with Crippen molar-refractivity contribution < 1.29 is 4.52 Å². The van der Waals surface area contributed by atoms with E-state index in [0.29, 0.717) is 18.2 Å². The van der Waals surface area contributed by atoms with E-state index in [2.05, 4.69) is 16.1 Å². The molecule has 0 spiro atoms. The van der Waals surface area contributed by atoms with Gasteiger partial charge in [0, 0.05) is 12.3 Å². The van der Waals surface area contributed by atoms with E-state index in [4.69, 9.17) is 16.7 Å². The summed E-state index contributed by atoms with van der Waals surface area (Å²) < 4.78 is 5.22. The van der Waals surface area contributed by atoms with E-state index in [-0.39, 0.29) is 6.04 Å². The van der Waals surface area contributed by atoms with E-state index in [0.717, 1.165) is 18.7 Å². The predicted molar refractivity (Wildman–Crippen MR) is 69.7 cm³/mol. The van der Waals surface area contributed by atoms with Gasteiger partial charge in [0.25, 0.3) is 0 Å². The Kier molecular flexibility index (Phi) is 4.77. The zero-order valence-corrected chi connectivity index (χ0v) is 10.8. The van der Waals surface area contributed by atoms with Crippen LogP contribution in [0.15, 0.2) is 4.52 Å². The number of nitrogens with zero attached hydrogens (tertiary/aromatic N) is 2. The molecule has 18 heavy (non-hydrogen) atoms. The molecule has 0 bridgehead atoms. The Morgan fingerprint density at radius 2 is 1.94 bits per heavy atom. The second-order valence-electron chi connectivity index (χ2n) is 5.05. The van der Waals surface area contributed by atoms with E-state index >= 15 is 0 Å². The van der Waals surface area contributed by atoms with Gasteiger partial charge >= 0.3 is 0 Å². The molecule has 2 rings (SSSR count). The van der Waals surface area contributed by atoms with Crippen LogP contribution in [0, 0.1) is 12.3 Å². The molecule has 1 saturated carbocycles. The van der Waals surface area contributed by atoms with Gasteiger partial charge in [-0.2, -0.15) is 4.98 Å². The molecule has 1 aromatic heterocycles. The molecule has 1 aromatic rings. The van der Waals surface area contributed by atoms with Gasteiger partial charge in [-0.1, -0.05) is 37.3 Å². The standard InChI is InChI=1S/C14H21N3O/c1-2-8-12(15)14-16-13(17-18-14)11-9-6-4-3-5-7-10-11/h1,11-12H,3-10,15H2.